The number of rotatable bonds is 2. The SMILES string of the molecule is Cc1ccc(C#N)cc1Oc1nc(N)ncc1C. The summed E-state index contributed by atoms with van der Waals surface area (Å²) in [5.74, 6) is 1.15. The molecular weight excluding hydrogens is 228 g/mol. The van der Waals surface area contributed by atoms with E-state index in [4.69, 9.17) is 15.7 Å². The van der Waals surface area contributed by atoms with Gasteiger partial charge in [-0.05, 0) is 31.5 Å². The lowest BCUT2D eigenvalue weighted by atomic mass is 10.1. The normalized spacial score (nSPS) is 9.83. The van der Waals surface area contributed by atoms with Crippen LogP contribution in [0.15, 0.2) is 24.4 Å². The van der Waals surface area contributed by atoms with Crippen molar-refractivity contribution in [2.75, 3.05) is 5.73 Å². The van der Waals surface area contributed by atoms with Gasteiger partial charge in [-0.1, -0.05) is 6.07 Å². The van der Waals surface area contributed by atoms with E-state index in [-0.39, 0.29) is 5.95 Å². The number of nitrogens with zero attached hydrogens (tertiary/aromatic N) is 3. The molecule has 18 heavy (non-hydrogen) atoms. The lowest BCUT2D eigenvalue weighted by molar-refractivity contribution is 0.455. The van der Waals surface area contributed by atoms with Gasteiger partial charge in [0.15, 0.2) is 0 Å². The molecular formula is C13H12N4O. The molecule has 0 amide bonds. The molecule has 2 rings (SSSR count). The summed E-state index contributed by atoms with van der Waals surface area (Å²) in [6, 6.07) is 7.31. The van der Waals surface area contributed by atoms with Crippen LogP contribution in [0.2, 0.25) is 0 Å². The van der Waals surface area contributed by atoms with Crippen molar-refractivity contribution in [3.8, 4) is 17.7 Å². The smallest absolute Gasteiger partial charge is 0.226 e. The van der Waals surface area contributed by atoms with E-state index in [1.165, 1.54) is 0 Å². The highest BCUT2D eigenvalue weighted by atomic mass is 16.5. The predicted molar refractivity (Wildman–Crippen MR) is 67.1 cm³/mol. The fraction of sp³-hybridized carbons (Fsp3) is 0.154. The Morgan fingerprint density at radius 1 is 1.28 bits per heavy atom. The number of aryl methyl sites for hydroxylation is 2. The zero-order valence-corrected chi connectivity index (χ0v) is 10.1. The Bertz CT molecular complexity index is 631. The van der Waals surface area contributed by atoms with E-state index in [9.17, 15) is 0 Å². The number of benzene rings is 1. The number of nitrogens with two attached hydrogens (primary N) is 1. The number of ether oxygens (including phenoxy) is 1. The summed E-state index contributed by atoms with van der Waals surface area (Å²) in [7, 11) is 0. The summed E-state index contributed by atoms with van der Waals surface area (Å²) in [6.45, 7) is 3.73. The van der Waals surface area contributed by atoms with Crippen LogP contribution in [-0.2, 0) is 0 Å². The summed E-state index contributed by atoms with van der Waals surface area (Å²) in [5, 5.41) is 8.87. The van der Waals surface area contributed by atoms with Crippen molar-refractivity contribution in [2.45, 2.75) is 13.8 Å². The van der Waals surface area contributed by atoms with Crippen molar-refractivity contribution >= 4 is 5.95 Å². The monoisotopic (exact) mass is 240 g/mol. The molecule has 5 nitrogen and oxygen atoms in total. The van der Waals surface area contributed by atoms with Gasteiger partial charge in [-0.3, -0.25) is 0 Å². The van der Waals surface area contributed by atoms with Crippen molar-refractivity contribution in [1.82, 2.24) is 9.97 Å². The van der Waals surface area contributed by atoms with Gasteiger partial charge >= 0.3 is 0 Å². The highest BCUT2D eigenvalue weighted by molar-refractivity contribution is 5.44. The molecule has 0 aliphatic carbocycles. The number of hydrogen-bond acceptors (Lipinski definition) is 5. The predicted octanol–water partition coefficient (Wildman–Crippen LogP) is 2.34. The third-order valence-electron chi connectivity index (χ3n) is 2.47. The first kappa shape index (κ1) is 11.9. The maximum atomic E-state index is 8.87. The van der Waals surface area contributed by atoms with Gasteiger partial charge < -0.3 is 10.5 Å². The molecule has 0 atom stereocenters. The van der Waals surface area contributed by atoms with Gasteiger partial charge in [0.1, 0.15) is 5.75 Å². The van der Waals surface area contributed by atoms with Gasteiger partial charge in [0.05, 0.1) is 11.6 Å². The zero-order chi connectivity index (χ0) is 13.1. The van der Waals surface area contributed by atoms with E-state index in [1.807, 2.05) is 19.9 Å². The Morgan fingerprint density at radius 2 is 2.06 bits per heavy atom. The average molecular weight is 240 g/mol. The van der Waals surface area contributed by atoms with Crippen molar-refractivity contribution in [3.05, 3.63) is 41.1 Å². The van der Waals surface area contributed by atoms with Gasteiger partial charge in [0.25, 0.3) is 0 Å². The Balaban J connectivity index is 2.39. The zero-order valence-electron chi connectivity index (χ0n) is 10.1. The summed E-state index contributed by atoms with van der Waals surface area (Å²) in [6.07, 6.45) is 1.60. The average Bonchev–Trinajstić information content (AvgIpc) is 2.36. The Labute approximate surface area is 105 Å². The largest absolute Gasteiger partial charge is 0.438 e. The van der Waals surface area contributed by atoms with Crippen molar-refractivity contribution in [3.63, 3.8) is 0 Å². The lowest BCUT2D eigenvalue weighted by Crippen LogP contribution is -1.99. The number of nitrogen functional groups attached to an aromatic ring is 1. The minimum atomic E-state index is 0.157. The van der Waals surface area contributed by atoms with Crippen LogP contribution in [0.4, 0.5) is 5.95 Å². The summed E-state index contributed by atoms with van der Waals surface area (Å²) >= 11 is 0. The quantitative estimate of drug-likeness (QED) is 0.870. The van der Waals surface area contributed by atoms with Crippen LogP contribution < -0.4 is 10.5 Å². The van der Waals surface area contributed by atoms with E-state index in [0.29, 0.717) is 17.2 Å². The van der Waals surface area contributed by atoms with E-state index < -0.39 is 0 Å². The molecule has 0 bridgehead atoms. The third kappa shape index (κ3) is 2.38. The molecule has 2 aromatic rings. The van der Waals surface area contributed by atoms with E-state index in [1.54, 1.807) is 18.3 Å². The van der Waals surface area contributed by atoms with Gasteiger partial charge in [0.2, 0.25) is 11.8 Å². The minimum absolute atomic E-state index is 0.157. The lowest BCUT2D eigenvalue weighted by Gasteiger charge is -2.10. The van der Waals surface area contributed by atoms with Gasteiger partial charge in [-0.25, -0.2) is 4.98 Å². The van der Waals surface area contributed by atoms with Crippen molar-refractivity contribution < 1.29 is 4.74 Å². The summed E-state index contributed by atoms with van der Waals surface area (Å²) in [5.41, 5.74) is 7.76. The van der Waals surface area contributed by atoms with Crippen LogP contribution >= 0.6 is 0 Å². The fourth-order valence-corrected chi connectivity index (χ4v) is 1.43. The topological polar surface area (TPSA) is 84.8 Å². The molecule has 90 valence electrons. The van der Waals surface area contributed by atoms with Gasteiger partial charge in [-0.15, -0.1) is 0 Å². The number of nitriles is 1. The molecule has 1 aromatic heterocycles. The molecule has 0 fully saturated rings. The van der Waals surface area contributed by atoms with Crippen LogP contribution in [0.1, 0.15) is 16.7 Å². The van der Waals surface area contributed by atoms with Crippen LogP contribution in [0, 0.1) is 25.2 Å². The summed E-state index contributed by atoms with van der Waals surface area (Å²) < 4.78 is 5.68. The Hall–Kier alpha value is -2.61. The fourth-order valence-electron chi connectivity index (χ4n) is 1.43. The second-order valence-electron chi connectivity index (χ2n) is 3.91. The Morgan fingerprint density at radius 3 is 2.78 bits per heavy atom. The van der Waals surface area contributed by atoms with Crippen LogP contribution in [0.3, 0.4) is 0 Å². The molecule has 0 unspecified atom stereocenters. The first-order valence-corrected chi connectivity index (χ1v) is 5.38. The second kappa shape index (κ2) is 4.72. The second-order valence-corrected chi connectivity index (χ2v) is 3.91. The summed E-state index contributed by atoms with van der Waals surface area (Å²) in [4.78, 5) is 7.90. The van der Waals surface area contributed by atoms with Crippen LogP contribution in [0.25, 0.3) is 0 Å². The maximum absolute atomic E-state index is 8.87. The molecule has 0 saturated heterocycles. The molecule has 5 heteroatoms. The molecule has 1 heterocycles. The first-order valence-electron chi connectivity index (χ1n) is 5.38. The van der Waals surface area contributed by atoms with Gasteiger partial charge in [-0.2, -0.15) is 10.2 Å². The molecule has 0 aliphatic heterocycles. The van der Waals surface area contributed by atoms with E-state index in [0.717, 1.165) is 11.1 Å². The first-order chi connectivity index (χ1) is 8.60. The van der Waals surface area contributed by atoms with E-state index in [2.05, 4.69) is 16.0 Å². The van der Waals surface area contributed by atoms with Crippen LogP contribution in [0.5, 0.6) is 11.6 Å². The number of aromatic nitrogens is 2. The van der Waals surface area contributed by atoms with Crippen molar-refractivity contribution in [1.29, 1.82) is 5.26 Å². The molecule has 0 spiro atoms. The highest BCUT2D eigenvalue weighted by Gasteiger charge is 2.08. The molecule has 1 aromatic carbocycles. The van der Waals surface area contributed by atoms with Gasteiger partial charge in [0, 0.05) is 11.8 Å². The number of hydrogen-bond donors (Lipinski definition) is 1. The molecule has 2 N–H and O–H groups in total. The molecule has 0 radical (unpaired) electrons. The maximum Gasteiger partial charge on any atom is 0.226 e. The van der Waals surface area contributed by atoms with Crippen LogP contribution in [-0.4, -0.2) is 9.97 Å². The third-order valence-corrected chi connectivity index (χ3v) is 2.47. The molecule has 0 aliphatic rings. The number of anilines is 1. The van der Waals surface area contributed by atoms with Crippen molar-refractivity contribution in [2.24, 2.45) is 0 Å². The highest BCUT2D eigenvalue weighted by Crippen LogP contribution is 2.26. The van der Waals surface area contributed by atoms with E-state index >= 15 is 0 Å². The molecule has 0 saturated carbocycles. The minimum Gasteiger partial charge on any atom is -0.438 e. The Kier molecular flexibility index (Phi) is 3.11. The standard InChI is InChI=1S/C13H12N4O/c1-8-3-4-10(6-14)5-11(8)18-12-9(2)7-16-13(15)17-12/h3-5,7H,1-2H3,(H2,15,16,17).